The summed E-state index contributed by atoms with van der Waals surface area (Å²) in [6, 6.07) is 9.28. The molecule has 1 aromatic rings. The summed E-state index contributed by atoms with van der Waals surface area (Å²) >= 11 is 0. The van der Waals surface area contributed by atoms with E-state index in [1.54, 1.807) is 0 Å². The highest BCUT2D eigenvalue weighted by Crippen LogP contribution is 2.46. The smallest absolute Gasteiger partial charge is 0.312 e. The average molecular weight is 345 g/mol. The van der Waals surface area contributed by atoms with E-state index in [1.807, 2.05) is 24.3 Å². The molecule has 0 radical (unpaired) electrons. The number of hydrogen-bond donors (Lipinski definition) is 0. The van der Waals surface area contributed by atoms with Crippen molar-refractivity contribution in [3.63, 3.8) is 0 Å². The van der Waals surface area contributed by atoms with Gasteiger partial charge in [0, 0.05) is 16.5 Å². The summed E-state index contributed by atoms with van der Waals surface area (Å²) in [5.74, 6) is 2.30. The molecule has 0 amide bonds. The van der Waals surface area contributed by atoms with Gasteiger partial charge in [-0.2, -0.15) is 0 Å². The Morgan fingerprint density at radius 3 is 2.08 bits per heavy atom. The maximum Gasteiger partial charge on any atom is 0.312 e. The van der Waals surface area contributed by atoms with Crippen LogP contribution in [0.3, 0.4) is 0 Å². The van der Waals surface area contributed by atoms with Crippen molar-refractivity contribution >= 4 is 8.07 Å². The normalized spacial score (nSPS) is 29.2. The molecule has 3 aliphatic heterocycles. The molecule has 3 aliphatic rings. The molecule has 0 N–H and O–H groups in total. The number of ether oxygens (including phenoxy) is 3. The highest BCUT2D eigenvalue weighted by atomic mass is 28.3. The molecule has 4 rings (SSSR count). The summed E-state index contributed by atoms with van der Waals surface area (Å²) in [6.07, 6.45) is 2.20. The molecular formula is C20H28O3Si. The summed E-state index contributed by atoms with van der Waals surface area (Å²) in [7, 11) is -1.37. The van der Waals surface area contributed by atoms with Crippen molar-refractivity contribution in [2.24, 2.45) is 5.41 Å². The second-order valence-electron chi connectivity index (χ2n) is 7.74. The Labute approximate surface area is 146 Å². The molecule has 0 saturated carbocycles. The predicted octanol–water partition coefficient (Wildman–Crippen LogP) is 4.28. The first-order valence-electron chi connectivity index (χ1n) is 8.98. The second-order valence-corrected chi connectivity index (χ2v) is 12.5. The van der Waals surface area contributed by atoms with E-state index in [1.165, 1.54) is 6.04 Å². The molecule has 2 bridgehead atoms. The van der Waals surface area contributed by atoms with E-state index in [4.69, 9.17) is 14.2 Å². The van der Waals surface area contributed by atoms with Gasteiger partial charge in [-0.05, 0) is 36.7 Å². The van der Waals surface area contributed by atoms with Crippen LogP contribution >= 0.6 is 0 Å². The van der Waals surface area contributed by atoms with Crippen molar-refractivity contribution in [2.75, 3.05) is 19.8 Å². The SMILES string of the molecule is CCCC12COC(c3ccc(C#C[Si](C)(C)CC)cc3)(OC1)OC2. The molecule has 130 valence electrons. The van der Waals surface area contributed by atoms with Gasteiger partial charge in [0.2, 0.25) is 0 Å². The molecule has 0 aromatic heterocycles. The Morgan fingerprint density at radius 2 is 1.58 bits per heavy atom. The maximum atomic E-state index is 6.00. The lowest BCUT2D eigenvalue weighted by atomic mass is 9.83. The molecular weight excluding hydrogens is 316 g/mol. The van der Waals surface area contributed by atoms with Crippen LogP contribution in [0, 0.1) is 16.9 Å². The molecule has 0 spiro atoms. The summed E-state index contributed by atoms with van der Waals surface area (Å²) in [4.78, 5) is 0. The number of rotatable bonds is 4. The van der Waals surface area contributed by atoms with Crippen molar-refractivity contribution in [3.05, 3.63) is 35.4 Å². The summed E-state index contributed by atoms with van der Waals surface area (Å²) in [5, 5.41) is 0. The maximum absolute atomic E-state index is 6.00. The van der Waals surface area contributed by atoms with Crippen LogP contribution in [0.15, 0.2) is 24.3 Å². The van der Waals surface area contributed by atoms with Crippen molar-refractivity contribution in [3.8, 4) is 11.5 Å². The standard InChI is InChI=1S/C20H28O3Si/c1-5-12-19-14-21-20(22-15-19,23-16-19)18-9-7-17(8-10-18)11-13-24(3,4)6-2/h7-10H,5-6,12,14-16H2,1-4H3. The molecule has 1 aromatic carbocycles. The Morgan fingerprint density at radius 1 is 1.00 bits per heavy atom. The Bertz CT molecular complexity index is 615. The van der Waals surface area contributed by atoms with Gasteiger partial charge in [0.1, 0.15) is 8.07 Å². The fourth-order valence-corrected chi connectivity index (χ4v) is 3.74. The molecule has 0 unspecified atom stereocenters. The fourth-order valence-electron chi connectivity index (χ4n) is 3.08. The fraction of sp³-hybridized carbons (Fsp3) is 0.600. The van der Waals surface area contributed by atoms with Gasteiger partial charge >= 0.3 is 5.97 Å². The van der Waals surface area contributed by atoms with Crippen molar-refractivity contribution in [2.45, 2.75) is 51.8 Å². The monoisotopic (exact) mass is 344 g/mol. The predicted molar refractivity (Wildman–Crippen MR) is 98.2 cm³/mol. The van der Waals surface area contributed by atoms with Crippen LogP contribution in [0.1, 0.15) is 37.8 Å². The zero-order chi connectivity index (χ0) is 17.3. The van der Waals surface area contributed by atoms with Gasteiger partial charge in [-0.1, -0.05) is 39.3 Å². The molecule has 24 heavy (non-hydrogen) atoms. The van der Waals surface area contributed by atoms with Gasteiger partial charge in [0.25, 0.3) is 0 Å². The van der Waals surface area contributed by atoms with E-state index in [9.17, 15) is 0 Å². The molecule has 3 heterocycles. The van der Waals surface area contributed by atoms with Crippen molar-refractivity contribution in [1.29, 1.82) is 0 Å². The molecule has 0 atom stereocenters. The molecule has 3 nitrogen and oxygen atoms in total. The van der Waals surface area contributed by atoms with E-state index < -0.39 is 14.0 Å². The zero-order valence-corrected chi connectivity index (χ0v) is 16.3. The summed E-state index contributed by atoms with van der Waals surface area (Å²) in [6.45, 7) is 11.1. The van der Waals surface area contributed by atoms with Crippen LogP contribution in [0.4, 0.5) is 0 Å². The van der Waals surface area contributed by atoms with Crippen LogP contribution in [0.25, 0.3) is 0 Å². The van der Waals surface area contributed by atoms with Gasteiger partial charge in [-0.25, -0.2) is 0 Å². The van der Waals surface area contributed by atoms with E-state index in [0.29, 0.717) is 19.8 Å². The molecule has 3 saturated heterocycles. The van der Waals surface area contributed by atoms with Crippen LogP contribution in [-0.2, 0) is 20.2 Å². The van der Waals surface area contributed by atoms with Gasteiger partial charge in [-0.15, -0.1) is 5.54 Å². The third kappa shape index (κ3) is 3.45. The quantitative estimate of drug-likeness (QED) is 0.603. The van der Waals surface area contributed by atoms with E-state index in [0.717, 1.165) is 24.0 Å². The highest BCUT2D eigenvalue weighted by molar-refractivity contribution is 6.85. The molecule has 0 aliphatic carbocycles. The lowest BCUT2D eigenvalue weighted by molar-refractivity contribution is -0.480. The third-order valence-corrected chi connectivity index (χ3v) is 7.72. The van der Waals surface area contributed by atoms with Crippen LogP contribution < -0.4 is 0 Å². The van der Waals surface area contributed by atoms with E-state index >= 15 is 0 Å². The van der Waals surface area contributed by atoms with Gasteiger partial charge < -0.3 is 14.2 Å². The highest BCUT2D eigenvalue weighted by Gasteiger charge is 2.53. The van der Waals surface area contributed by atoms with Gasteiger partial charge in [0.15, 0.2) is 0 Å². The zero-order valence-electron chi connectivity index (χ0n) is 15.3. The minimum Gasteiger partial charge on any atom is -0.323 e. The number of hydrogen-bond acceptors (Lipinski definition) is 3. The first kappa shape index (κ1) is 17.7. The van der Waals surface area contributed by atoms with Crippen LogP contribution in [0.5, 0.6) is 0 Å². The second kappa shape index (κ2) is 6.65. The Hall–Kier alpha value is -1.12. The molecule has 3 fully saturated rings. The van der Waals surface area contributed by atoms with E-state index in [-0.39, 0.29) is 5.41 Å². The number of benzene rings is 1. The van der Waals surface area contributed by atoms with Gasteiger partial charge in [-0.3, -0.25) is 0 Å². The van der Waals surface area contributed by atoms with Crippen molar-refractivity contribution in [1.82, 2.24) is 0 Å². The largest absolute Gasteiger partial charge is 0.323 e. The first-order chi connectivity index (χ1) is 11.4. The number of fused-ring (bicyclic) bond motifs is 3. The van der Waals surface area contributed by atoms with Crippen molar-refractivity contribution < 1.29 is 14.2 Å². The van der Waals surface area contributed by atoms with E-state index in [2.05, 4.69) is 38.4 Å². The minimum absolute atomic E-state index is 0.0400. The minimum atomic E-state index is -1.37. The summed E-state index contributed by atoms with van der Waals surface area (Å²) < 4.78 is 18.0. The van der Waals surface area contributed by atoms with Gasteiger partial charge in [0.05, 0.1) is 19.8 Å². The van der Waals surface area contributed by atoms with Crippen LogP contribution in [0.2, 0.25) is 19.1 Å². The van der Waals surface area contributed by atoms with Crippen LogP contribution in [-0.4, -0.2) is 27.9 Å². The topological polar surface area (TPSA) is 27.7 Å². The Balaban J connectivity index is 1.73. The first-order valence-corrected chi connectivity index (χ1v) is 12.2. The third-order valence-electron chi connectivity index (χ3n) is 5.15. The average Bonchev–Trinajstić information content (AvgIpc) is 2.62. The Kier molecular flexibility index (Phi) is 4.90. The lowest BCUT2D eigenvalue weighted by Gasteiger charge is -2.51. The summed E-state index contributed by atoms with van der Waals surface area (Å²) in [5.41, 5.74) is 5.47. The molecule has 4 heteroatoms. The lowest BCUT2D eigenvalue weighted by Crippen LogP contribution is -2.58.